The number of ether oxygens (including phenoxy) is 2. The van der Waals surface area contributed by atoms with E-state index in [9.17, 15) is 13.6 Å². The molecule has 0 fully saturated rings. The summed E-state index contributed by atoms with van der Waals surface area (Å²) in [5, 5.41) is 2.78. The number of fused-ring (bicyclic) bond motifs is 1. The van der Waals surface area contributed by atoms with E-state index in [4.69, 9.17) is 9.47 Å². The fourth-order valence-electron chi connectivity index (χ4n) is 2.77. The highest BCUT2D eigenvalue weighted by molar-refractivity contribution is 5.84. The number of hydrogen-bond donors (Lipinski definition) is 1. The number of aromatic nitrogens is 2. The van der Waals surface area contributed by atoms with Crippen LogP contribution in [0.15, 0.2) is 30.5 Å². The van der Waals surface area contributed by atoms with Gasteiger partial charge >= 0.3 is 0 Å². The van der Waals surface area contributed by atoms with Gasteiger partial charge in [0.15, 0.2) is 11.6 Å². The van der Waals surface area contributed by atoms with Gasteiger partial charge in [-0.05, 0) is 5.92 Å². The summed E-state index contributed by atoms with van der Waals surface area (Å²) in [6, 6.07) is 1.45. The van der Waals surface area contributed by atoms with Crippen LogP contribution >= 0.6 is 0 Å². The molecule has 0 saturated heterocycles. The number of carbonyl (C=O) groups excluding carboxylic acids is 1. The molecule has 1 N–H and O–H groups in total. The van der Waals surface area contributed by atoms with E-state index in [1.807, 2.05) is 13.8 Å². The maximum atomic E-state index is 13.6. The fourth-order valence-corrected chi connectivity index (χ4v) is 2.77. The van der Waals surface area contributed by atoms with E-state index < -0.39 is 17.7 Å². The van der Waals surface area contributed by atoms with Gasteiger partial charge in [-0.15, -0.1) is 0 Å². The molecule has 25 heavy (non-hydrogen) atoms. The van der Waals surface area contributed by atoms with Gasteiger partial charge < -0.3 is 19.4 Å². The van der Waals surface area contributed by atoms with Crippen LogP contribution in [-0.2, 0) is 14.3 Å². The number of imidazole rings is 1. The van der Waals surface area contributed by atoms with Crippen LogP contribution in [0.5, 0.6) is 0 Å². The van der Waals surface area contributed by atoms with Crippen LogP contribution in [0.25, 0.3) is 11.0 Å². The lowest BCUT2D eigenvalue weighted by molar-refractivity contribution is -0.125. The van der Waals surface area contributed by atoms with Gasteiger partial charge in [0.05, 0.1) is 23.9 Å². The lowest BCUT2D eigenvalue weighted by atomic mass is 10.0. The maximum Gasteiger partial charge on any atom is 0.243 e. The first-order chi connectivity index (χ1) is 12.0. The Kier molecular flexibility index (Phi) is 4.87. The summed E-state index contributed by atoms with van der Waals surface area (Å²) >= 11 is 0. The Hall–Kier alpha value is -2.64. The minimum absolute atomic E-state index is 0.0944. The Balaban J connectivity index is 1.84. The molecule has 1 aliphatic rings. The monoisotopic (exact) mass is 351 g/mol. The standard InChI is InChI=1S/C17H19F2N3O3/c1-10(2)16(17(23)20-7-11-8-24-3-4-25-11)22-9-21-14-5-12(18)13(19)6-15(14)22/h5-6,8-10,16H,3-4,7H2,1-2H3,(H,20,23)/t16-/m1/s1. The summed E-state index contributed by atoms with van der Waals surface area (Å²) < 4.78 is 39.1. The molecule has 1 aromatic carbocycles. The van der Waals surface area contributed by atoms with Gasteiger partial charge in [-0.2, -0.15) is 0 Å². The van der Waals surface area contributed by atoms with Gasteiger partial charge in [-0.3, -0.25) is 4.79 Å². The first-order valence-electron chi connectivity index (χ1n) is 8.00. The molecule has 3 rings (SSSR count). The number of benzene rings is 1. The molecule has 2 aromatic rings. The second-order valence-electron chi connectivity index (χ2n) is 6.12. The zero-order valence-corrected chi connectivity index (χ0v) is 14.0. The summed E-state index contributed by atoms with van der Waals surface area (Å²) in [7, 11) is 0. The van der Waals surface area contributed by atoms with Crippen LogP contribution in [0, 0.1) is 17.6 Å². The van der Waals surface area contributed by atoms with Crippen LogP contribution in [0.3, 0.4) is 0 Å². The second-order valence-corrected chi connectivity index (χ2v) is 6.12. The third-order valence-electron chi connectivity index (χ3n) is 3.96. The minimum atomic E-state index is -0.977. The van der Waals surface area contributed by atoms with Crippen molar-refractivity contribution in [2.75, 3.05) is 19.8 Å². The lowest BCUT2D eigenvalue weighted by Crippen LogP contribution is -2.37. The fraction of sp³-hybridized carbons (Fsp3) is 0.412. The van der Waals surface area contributed by atoms with Gasteiger partial charge in [0.25, 0.3) is 0 Å². The Morgan fingerprint density at radius 3 is 2.76 bits per heavy atom. The molecule has 1 aromatic heterocycles. The molecule has 0 saturated carbocycles. The SMILES string of the molecule is CC(C)[C@H](C(=O)NCC1=COCCO1)n1cnc2cc(F)c(F)cc21. The number of hydrogen-bond acceptors (Lipinski definition) is 4. The third-order valence-corrected chi connectivity index (χ3v) is 3.96. The molecule has 0 aliphatic carbocycles. The molecule has 0 unspecified atom stereocenters. The van der Waals surface area contributed by atoms with Crippen molar-refractivity contribution in [3.63, 3.8) is 0 Å². The number of carbonyl (C=O) groups is 1. The predicted molar refractivity (Wildman–Crippen MR) is 86.5 cm³/mol. The average Bonchev–Trinajstić information content (AvgIpc) is 2.97. The summed E-state index contributed by atoms with van der Waals surface area (Å²) in [4.78, 5) is 16.7. The molecular weight excluding hydrogens is 332 g/mol. The average molecular weight is 351 g/mol. The zero-order valence-electron chi connectivity index (χ0n) is 14.0. The van der Waals surface area contributed by atoms with Crippen LogP contribution in [-0.4, -0.2) is 35.2 Å². The van der Waals surface area contributed by atoms with Gasteiger partial charge in [0.2, 0.25) is 5.91 Å². The lowest BCUT2D eigenvalue weighted by Gasteiger charge is -2.23. The van der Waals surface area contributed by atoms with E-state index in [1.54, 1.807) is 4.57 Å². The van der Waals surface area contributed by atoms with Crippen molar-refractivity contribution >= 4 is 16.9 Å². The van der Waals surface area contributed by atoms with Crippen molar-refractivity contribution in [2.24, 2.45) is 5.92 Å². The summed E-state index contributed by atoms with van der Waals surface area (Å²) in [5.41, 5.74) is 0.660. The van der Waals surface area contributed by atoms with E-state index in [2.05, 4.69) is 10.3 Å². The van der Waals surface area contributed by atoms with Crippen molar-refractivity contribution in [2.45, 2.75) is 19.9 Å². The molecule has 0 radical (unpaired) electrons. The van der Waals surface area contributed by atoms with Gasteiger partial charge in [-0.1, -0.05) is 13.8 Å². The van der Waals surface area contributed by atoms with Crippen molar-refractivity contribution in [3.05, 3.63) is 42.1 Å². The second kappa shape index (κ2) is 7.08. The number of rotatable bonds is 5. The highest BCUT2D eigenvalue weighted by Crippen LogP contribution is 2.25. The van der Waals surface area contributed by atoms with E-state index in [1.165, 1.54) is 12.6 Å². The van der Waals surface area contributed by atoms with Crippen LogP contribution in [0.1, 0.15) is 19.9 Å². The summed E-state index contributed by atoms with van der Waals surface area (Å²) in [6.07, 6.45) is 2.90. The first-order valence-corrected chi connectivity index (χ1v) is 8.00. The van der Waals surface area contributed by atoms with E-state index >= 15 is 0 Å². The highest BCUT2D eigenvalue weighted by Gasteiger charge is 2.26. The molecule has 1 atom stereocenters. The Labute approximate surface area is 143 Å². The normalized spacial score (nSPS) is 15.5. The van der Waals surface area contributed by atoms with Gasteiger partial charge in [0.1, 0.15) is 31.3 Å². The topological polar surface area (TPSA) is 65.4 Å². The van der Waals surface area contributed by atoms with Crippen molar-refractivity contribution < 1.29 is 23.0 Å². The Morgan fingerprint density at radius 2 is 2.08 bits per heavy atom. The number of nitrogens with one attached hydrogen (secondary N) is 1. The molecule has 8 heteroatoms. The summed E-state index contributed by atoms with van der Waals surface area (Å²) in [5.74, 6) is -1.78. The van der Waals surface area contributed by atoms with Crippen LogP contribution in [0.2, 0.25) is 0 Å². The van der Waals surface area contributed by atoms with Crippen molar-refractivity contribution in [1.82, 2.24) is 14.9 Å². The number of halogens is 2. The van der Waals surface area contributed by atoms with Crippen molar-refractivity contribution in [3.8, 4) is 0 Å². The Morgan fingerprint density at radius 1 is 1.32 bits per heavy atom. The summed E-state index contributed by atoms with van der Waals surface area (Å²) in [6.45, 7) is 4.85. The van der Waals surface area contributed by atoms with Crippen LogP contribution < -0.4 is 5.32 Å². The number of amides is 1. The molecular formula is C17H19F2N3O3. The van der Waals surface area contributed by atoms with E-state index in [0.29, 0.717) is 30.0 Å². The maximum absolute atomic E-state index is 13.6. The van der Waals surface area contributed by atoms with E-state index in [0.717, 1.165) is 12.1 Å². The van der Waals surface area contributed by atoms with Crippen molar-refractivity contribution in [1.29, 1.82) is 0 Å². The number of nitrogens with zero attached hydrogens (tertiary/aromatic N) is 2. The quantitative estimate of drug-likeness (QED) is 0.899. The molecule has 1 amide bonds. The predicted octanol–water partition coefficient (Wildman–Crippen LogP) is 2.52. The molecule has 0 spiro atoms. The highest BCUT2D eigenvalue weighted by atomic mass is 19.2. The third kappa shape index (κ3) is 3.57. The largest absolute Gasteiger partial charge is 0.494 e. The Bertz CT molecular complexity index is 817. The van der Waals surface area contributed by atoms with Crippen LogP contribution in [0.4, 0.5) is 8.78 Å². The molecule has 0 bridgehead atoms. The van der Waals surface area contributed by atoms with Gasteiger partial charge in [0, 0.05) is 12.1 Å². The van der Waals surface area contributed by atoms with E-state index in [-0.39, 0.29) is 18.4 Å². The molecule has 134 valence electrons. The molecule has 1 aliphatic heterocycles. The minimum Gasteiger partial charge on any atom is -0.494 e. The smallest absolute Gasteiger partial charge is 0.243 e. The molecule has 2 heterocycles. The zero-order chi connectivity index (χ0) is 18.0. The first kappa shape index (κ1) is 17.2. The van der Waals surface area contributed by atoms with Gasteiger partial charge in [-0.25, -0.2) is 13.8 Å². The molecule has 6 nitrogen and oxygen atoms in total.